The van der Waals surface area contributed by atoms with Crippen LogP contribution in [0.25, 0.3) is 0 Å². The van der Waals surface area contributed by atoms with E-state index in [1.807, 2.05) is 23.8 Å². The predicted molar refractivity (Wildman–Crippen MR) is 73.6 cm³/mol. The van der Waals surface area contributed by atoms with Crippen LogP contribution in [0.4, 0.5) is 4.79 Å². The van der Waals surface area contributed by atoms with Crippen molar-refractivity contribution in [1.82, 2.24) is 14.8 Å². The Bertz CT molecular complexity index is 420. The molecule has 1 aromatic rings. The summed E-state index contributed by atoms with van der Waals surface area (Å²) in [7, 11) is 1.89. The Morgan fingerprint density at radius 2 is 2.28 bits per heavy atom. The van der Waals surface area contributed by atoms with Crippen molar-refractivity contribution in [2.75, 3.05) is 13.6 Å². The number of thiazole rings is 1. The molecular formula is C13H21N3OS. The highest BCUT2D eigenvalue weighted by molar-refractivity contribution is 7.11. The minimum Gasteiger partial charge on any atom is -0.327 e. The predicted octanol–water partition coefficient (Wildman–Crippen LogP) is 2.87. The second kappa shape index (κ2) is 5.26. The largest absolute Gasteiger partial charge is 0.327 e. The number of aromatic nitrogens is 1. The maximum atomic E-state index is 12.3. The SMILES string of the molecule is CCC(C)CN(C)C(=O)N1Cc2nc(C)sc2C1. The van der Waals surface area contributed by atoms with Crippen LogP contribution in [0.3, 0.4) is 0 Å². The first-order valence-electron chi connectivity index (χ1n) is 6.46. The van der Waals surface area contributed by atoms with Crippen LogP contribution in [0.1, 0.15) is 35.8 Å². The van der Waals surface area contributed by atoms with Gasteiger partial charge in [-0.05, 0) is 12.8 Å². The summed E-state index contributed by atoms with van der Waals surface area (Å²) in [5.74, 6) is 0.552. The lowest BCUT2D eigenvalue weighted by Crippen LogP contribution is -2.40. The number of aryl methyl sites for hydroxylation is 1. The van der Waals surface area contributed by atoms with Crippen LogP contribution >= 0.6 is 11.3 Å². The molecule has 1 aromatic heterocycles. The maximum absolute atomic E-state index is 12.3. The van der Waals surface area contributed by atoms with Gasteiger partial charge in [-0.2, -0.15) is 0 Å². The Hall–Kier alpha value is -1.10. The molecule has 1 aliphatic heterocycles. The molecule has 0 N–H and O–H groups in total. The number of carbonyl (C=O) groups is 1. The Morgan fingerprint density at radius 3 is 2.89 bits per heavy atom. The molecule has 18 heavy (non-hydrogen) atoms. The smallest absolute Gasteiger partial charge is 0.320 e. The van der Waals surface area contributed by atoms with E-state index in [1.165, 1.54) is 4.88 Å². The van der Waals surface area contributed by atoms with Crippen molar-refractivity contribution in [2.45, 2.75) is 40.3 Å². The van der Waals surface area contributed by atoms with Crippen molar-refractivity contribution in [3.05, 3.63) is 15.6 Å². The fourth-order valence-corrected chi connectivity index (χ4v) is 3.18. The second-order valence-electron chi connectivity index (χ2n) is 5.14. The molecule has 2 rings (SSSR count). The quantitative estimate of drug-likeness (QED) is 0.844. The second-order valence-corrected chi connectivity index (χ2v) is 6.42. The van der Waals surface area contributed by atoms with Gasteiger partial charge in [0.05, 0.1) is 23.8 Å². The van der Waals surface area contributed by atoms with E-state index in [-0.39, 0.29) is 6.03 Å². The van der Waals surface area contributed by atoms with E-state index in [0.29, 0.717) is 12.5 Å². The lowest BCUT2D eigenvalue weighted by Gasteiger charge is -2.26. The molecular weight excluding hydrogens is 246 g/mol. The van der Waals surface area contributed by atoms with Crippen molar-refractivity contribution >= 4 is 17.4 Å². The zero-order valence-corrected chi connectivity index (χ0v) is 12.4. The summed E-state index contributed by atoms with van der Waals surface area (Å²) in [6.07, 6.45) is 1.10. The first-order valence-corrected chi connectivity index (χ1v) is 7.28. The first kappa shape index (κ1) is 13.3. The lowest BCUT2D eigenvalue weighted by molar-refractivity contribution is 0.156. The first-order chi connectivity index (χ1) is 8.51. The summed E-state index contributed by atoms with van der Waals surface area (Å²) < 4.78 is 0. The molecule has 0 saturated carbocycles. The van der Waals surface area contributed by atoms with Gasteiger partial charge >= 0.3 is 6.03 Å². The van der Waals surface area contributed by atoms with Gasteiger partial charge in [-0.1, -0.05) is 20.3 Å². The summed E-state index contributed by atoms with van der Waals surface area (Å²) >= 11 is 1.70. The van der Waals surface area contributed by atoms with E-state index < -0.39 is 0 Å². The molecule has 0 saturated heterocycles. The third kappa shape index (κ3) is 2.66. The molecule has 1 atom stereocenters. The van der Waals surface area contributed by atoms with E-state index in [2.05, 4.69) is 18.8 Å². The summed E-state index contributed by atoms with van der Waals surface area (Å²) in [6, 6.07) is 0.123. The van der Waals surface area contributed by atoms with E-state index in [4.69, 9.17) is 0 Å². The molecule has 2 heterocycles. The van der Waals surface area contributed by atoms with Gasteiger partial charge in [0, 0.05) is 18.5 Å². The van der Waals surface area contributed by atoms with Crippen LogP contribution in [0.15, 0.2) is 0 Å². The molecule has 100 valence electrons. The highest BCUT2D eigenvalue weighted by Gasteiger charge is 2.28. The van der Waals surface area contributed by atoms with Crippen molar-refractivity contribution in [2.24, 2.45) is 5.92 Å². The Labute approximate surface area is 113 Å². The zero-order chi connectivity index (χ0) is 13.3. The van der Waals surface area contributed by atoms with Gasteiger partial charge in [-0.25, -0.2) is 9.78 Å². The molecule has 0 spiro atoms. The number of carbonyl (C=O) groups excluding carboxylic acids is 1. The van der Waals surface area contributed by atoms with Crippen LogP contribution in [0.2, 0.25) is 0 Å². The van der Waals surface area contributed by atoms with E-state index in [1.54, 1.807) is 11.3 Å². The van der Waals surface area contributed by atoms with Gasteiger partial charge < -0.3 is 9.80 Å². The molecule has 0 aliphatic carbocycles. The molecule has 1 unspecified atom stereocenters. The monoisotopic (exact) mass is 267 g/mol. The van der Waals surface area contributed by atoms with Crippen LogP contribution in [0, 0.1) is 12.8 Å². The van der Waals surface area contributed by atoms with Crippen LogP contribution in [-0.4, -0.2) is 34.4 Å². The molecule has 0 bridgehead atoms. The highest BCUT2D eigenvalue weighted by Crippen LogP contribution is 2.28. The Kier molecular flexibility index (Phi) is 3.90. The number of rotatable bonds is 3. The number of hydrogen-bond donors (Lipinski definition) is 0. The summed E-state index contributed by atoms with van der Waals surface area (Å²) in [4.78, 5) is 21.7. The molecule has 0 radical (unpaired) electrons. The number of nitrogens with zero attached hydrogens (tertiary/aromatic N) is 3. The minimum absolute atomic E-state index is 0.123. The third-order valence-electron chi connectivity index (χ3n) is 3.44. The van der Waals surface area contributed by atoms with Gasteiger partial charge in [-0.15, -0.1) is 11.3 Å². The number of urea groups is 1. The van der Waals surface area contributed by atoms with Crippen LogP contribution < -0.4 is 0 Å². The summed E-state index contributed by atoms with van der Waals surface area (Å²) in [5.41, 5.74) is 1.09. The van der Waals surface area contributed by atoms with Crippen molar-refractivity contribution in [3.8, 4) is 0 Å². The fourth-order valence-electron chi connectivity index (χ4n) is 2.22. The molecule has 0 fully saturated rings. The third-order valence-corrected chi connectivity index (χ3v) is 4.44. The van der Waals surface area contributed by atoms with Crippen molar-refractivity contribution < 1.29 is 4.79 Å². The lowest BCUT2D eigenvalue weighted by atomic mass is 10.1. The minimum atomic E-state index is 0.123. The average molecular weight is 267 g/mol. The Morgan fingerprint density at radius 1 is 1.56 bits per heavy atom. The Balaban J connectivity index is 1.94. The van der Waals surface area contributed by atoms with Gasteiger partial charge in [-0.3, -0.25) is 0 Å². The van der Waals surface area contributed by atoms with E-state index >= 15 is 0 Å². The van der Waals surface area contributed by atoms with Crippen LogP contribution in [-0.2, 0) is 13.1 Å². The van der Waals surface area contributed by atoms with E-state index in [9.17, 15) is 4.79 Å². The topological polar surface area (TPSA) is 36.4 Å². The van der Waals surface area contributed by atoms with Gasteiger partial charge in [0.1, 0.15) is 0 Å². The average Bonchev–Trinajstić information content (AvgIpc) is 2.84. The summed E-state index contributed by atoms with van der Waals surface area (Å²) in [6.45, 7) is 8.57. The molecule has 4 nitrogen and oxygen atoms in total. The molecule has 1 aliphatic rings. The number of fused-ring (bicyclic) bond motifs is 1. The van der Waals surface area contributed by atoms with Gasteiger partial charge in [0.25, 0.3) is 0 Å². The summed E-state index contributed by atoms with van der Waals surface area (Å²) in [5, 5.41) is 1.10. The number of hydrogen-bond acceptors (Lipinski definition) is 3. The maximum Gasteiger partial charge on any atom is 0.320 e. The molecule has 5 heteroatoms. The van der Waals surface area contributed by atoms with E-state index in [0.717, 1.165) is 30.2 Å². The fraction of sp³-hybridized carbons (Fsp3) is 0.692. The van der Waals surface area contributed by atoms with Crippen molar-refractivity contribution in [1.29, 1.82) is 0 Å². The van der Waals surface area contributed by atoms with Crippen LogP contribution in [0.5, 0.6) is 0 Å². The standard InChI is InChI=1S/C13H21N3OS/c1-5-9(2)6-15(4)13(17)16-7-11-12(8-16)18-10(3)14-11/h9H,5-8H2,1-4H3. The zero-order valence-electron chi connectivity index (χ0n) is 11.6. The normalized spacial score (nSPS) is 15.7. The highest BCUT2D eigenvalue weighted by atomic mass is 32.1. The number of amides is 2. The molecule has 2 amide bonds. The molecule has 0 aromatic carbocycles. The van der Waals surface area contributed by atoms with Crippen molar-refractivity contribution in [3.63, 3.8) is 0 Å². The van der Waals surface area contributed by atoms with Gasteiger partial charge in [0.2, 0.25) is 0 Å². The van der Waals surface area contributed by atoms with Gasteiger partial charge in [0.15, 0.2) is 0 Å².